The van der Waals surface area contributed by atoms with E-state index in [1.807, 2.05) is 6.92 Å². The molecule has 0 aliphatic carbocycles. The third-order valence-electron chi connectivity index (χ3n) is 4.32. The molecule has 0 aromatic heterocycles. The number of carbonyl (C=O) groups is 1. The zero-order valence-corrected chi connectivity index (χ0v) is 18.4. The second kappa shape index (κ2) is 9.41. The molecule has 1 amide bonds. The Hall–Kier alpha value is -2.39. The second-order valence-electron chi connectivity index (χ2n) is 6.83. The summed E-state index contributed by atoms with van der Waals surface area (Å²) in [7, 11) is -7.02. The standard InChI is InChI=1S/C20H26N2O5S2/c1-4-13-29(26,27)22-19-7-5-6-18(16(19)3)21-20(23)12-14-28(24,25)17-10-8-15(2)9-11-17/h5-11,22H,4,12-14H2,1-3H3,(H,21,23). The molecular weight excluding hydrogens is 412 g/mol. The highest BCUT2D eigenvalue weighted by Gasteiger charge is 2.18. The van der Waals surface area contributed by atoms with Crippen LogP contribution in [-0.4, -0.2) is 34.2 Å². The SMILES string of the molecule is CCCS(=O)(=O)Nc1cccc(NC(=O)CCS(=O)(=O)c2ccc(C)cc2)c1C. The van der Waals surface area contributed by atoms with Crippen LogP contribution in [0.4, 0.5) is 11.4 Å². The number of hydrogen-bond acceptors (Lipinski definition) is 5. The smallest absolute Gasteiger partial charge is 0.232 e. The lowest BCUT2D eigenvalue weighted by molar-refractivity contribution is -0.115. The van der Waals surface area contributed by atoms with Crippen molar-refractivity contribution in [1.82, 2.24) is 0 Å². The van der Waals surface area contributed by atoms with Crippen molar-refractivity contribution in [3.05, 3.63) is 53.6 Å². The lowest BCUT2D eigenvalue weighted by Gasteiger charge is -2.14. The van der Waals surface area contributed by atoms with E-state index in [2.05, 4.69) is 10.0 Å². The topological polar surface area (TPSA) is 109 Å². The van der Waals surface area contributed by atoms with E-state index < -0.39 is 25.8 Å². The summed E-state index contributed by atoms with van der Waals surface area (Å²) in [5.41, 5.74) is 2.32. The summed E-state index contributed by atoms with van der Waals surface area (Å²) in [5, 5.41) is 2.66. The Labute approximate surface area is 172 Å². The van der Waals surface area contributed by atoms with Crippen molar-refractivity contribution in [3.63, 3.8) is 0 Å². The van der Waals surface area contributed by atoms with Gasteiger partial charge < -0.3 is 5.32 Å². The van der Waals surface area contributed by atoms with Gasteiger partial charge in [0, 0.05) is 12.1 Å². The van der Waals surface area contributed by atoms with E-state index in [1.54, 1.807) is 44.2 Å². The molecule has 0 saturated heterocycles. The first kappa shape index (κ1) is 22.9. The van der Waals surface area contributed by atoms with Crippen LogP contribution in [-0.2, 0) is 24.7 Å². The van der Waals surface area contributed by atoms with Gasteiger partial charge in [0.2, 0.25) is 15.9 Å². The minimum absolute atomic E-state index is 0.000102. The molecule has 2 aromatic carbocycles. The predicted molar refractivity (Wildman–Crippen MR) is 115 cm³/mol. The third-order valence-corrected chi connectivity index (χ3v) is 7.53. The minimum Gasteiger partial charge on any atom is -0.326 e. The van der Waals surface area contributed by atoms with Crippen LogP contribution in [0.15, 0.2) is 47.4 Å². The van der Waals surface area contributed by atoms with E-state index in [0.717, 1.165) is 5.56 Å². The highest BCUT2D eigenvalue weighted by atomic mass is 32.2. The molecule has 0 heterocycles. The molecule has 0 fully saturated rings. The van der Waals surface area contributed by atoms with Crippen molar-refractivity contribution in [2.24, 2.45) is 0 Å². The zero-order chi connectivity index (χ0) is 21.7. The van der Waals surface area contributed by atoms with E-state index >= 15 is 0 Å². The van der Waals surface area contributed by atoms with E-state index in [-0.39, 0.29) is 22.8 Å². The van der Waals surface area contributed by atoms with Gasteiger partial charge in [0.05, 0.1) is 22.1 Å². The van der Waals surface area contributed by atoms with Crippen molar-refractivity contribution < 1.29 is 21.6 Å². The van der Waals surface area contributed by atoms with Crippen LogP contribution in [0.3, 0.4) is 0 Å². The van der Waals surface area contributed by atoms with Gasteiger partial charge in [0.25, 0.3) is 0 Å². The number of rotatable bonds is 9. The van der Waals surface area contributed by atoms with E-state index in [9.17, 15) is 21.6 Å². The number of amides is 1. The van der Waals surface area contributed by atoms with Gasteiger partial charge in [0.1, 0.15) is 0 Å². The third kappa shape index (κ3) is 6.57. The van der Waals surface area contributed by atoms with Crippen molar-refractivity contribution in [3.8, 4) is 0 Å². The molecule has 0 unspecified atom stereocenters. The first-order valence-electron chi connectivity index (χ1n) is 9.23. The number of sulfone groups is 1. The molecule has 0 saturated carbocycles. The van der Waals surface area contributed by atoms with Gasteiger partial charge >= 0.3 is 0 Å². The van der Waals surface area contributed by atoms with Crippen molar-refractivity contribution in [2.45, 2.75) is 38.5 Å². The number of benzene rings is 2. The molecule has 0 atom stereocenters. The average Bonchev–Trinajstić information content (AvgIpc) is 2.63. The molecule has 9 heteroatoms. The molecule has 0 bridgehead atoms. The van der Waals surface area contributed by atoms with Crippen LogP contribution < -0.4 is 10.0 Å². The number of nitrogens with one attached hydrogen (secondary N) is 2. The maximum atomic E-state index is 12.4. The van der Waals surface area contributed by atoms with Crippen LogP contribution in [0.2, 0.25) is 0 Å². The molecule has 0 aliphatic rings. The fraction of sp³-hybridized carbons (Fsp3) is 0.350. The highest BCUT2D eigenvalue weighted by Crippen LogP contribution is 2.24. The van der Waals surface area contributed by atoms with E-state index in [0.29, 0.717) is 23.4 Å². The highest BCUT2D eigenvalue weighted by molar-refractivity contribution is 7.92. The van der Waals surface area contributed by atoms with Gasteiger partial charge in [-0.3, -0.25) is 9.52 Å². The molecule has 7 nitrogen and oxygen atoms in total. The van der Waals surface area contributed by atoms with Crippen LogP contribution in [0, 0.1) is 13.8 Å². The Bertz CT molecular complexity index is 1080. The summed E-state index contributed by atoms with van der Waals surface area (Å²) < 4.78 is 51.3. The normalized spacial score (nSPS) is 11.8. The summed E-state index contributed by atoms with van der Waals surface area (Å²) in [6.45, 7) is 5.32. The molecular formula is C20H26N2O5S2. The molecule has 0 aliphatic heterocycles. The summed E-state index contributed by atoms with van der Waals surface area (Å²) in [6, 6.07) is 11.3. The Kier molecular flexibility index (Phi) is 7.43. The first-order chi connectivity index (χ1) is 13.5. The van der Waals surface area contributed by atoms with Crippen molar-refractivity contribution in [2.75, 3.05) is 21.5 Å². The maximum absolute atomic E-state index is 12.4. The molecule has 158 valence electrons. The lowest BCUT2D eigenvalue weighted by atomic mass is 10.1. The summed E-state index contributed by atoms with van der Waals surface area (Å²) in [6.07, 6.45) is 0.279. The maximum Gasteiger partial charge on any atom is 0.232 e. The molecule has 29 heavy (non-hydrogen) atoms. The lowest BCUT2D eigenvalue weighted by Crippen LogP contribution is -2.19. The molecule has 2 aromatic rings. The summed E-state index contributed by atoms with van der Waals surface area (Å²) >= 11 is 0. The van der Waals surface area contributed by atoms with Gasteiger partial charge in [-0.15, -0.1) is 0 Å². The number of aryl methyl sites for hydroxylation is 1. The van der Waals surface area contributed by atoms with E-state index in [4.69, 9.17) is 0 Å². The van der Waals surface area contributed by atoms with Crippen molar-refractivity contribution >= 4 is 37.1 Å². The van der Waals surface area contributed by atoms with Crippen LogP contribution >= 0.6 is 0 Å². The van der Waals surface area contributed by atoms with Gasteiger partial charge in [-0.25, -0.2) is 16.8 Å². The monoisotopic (exact) mass is 438 g/mol. The Morgan fingerprint density at radius 3 is 2.14 bits per heavy atom. The average molecular weight is 439 g/mol. The van der Waals surface area contributed by atoms with Crippen LogP contribution in [0.25, 0.3) is 0 Å². The Morgan fingerprint density at radius 1 is 0.897 bits per heavy atom. The first-order valence-corrected chi connectivity index (χ1v) is 12.5. The fourth-order valence-electron chi connectivity index (χ4n) is 2.67. The Balaban J connectivity index is 2.05. The summed E-state index contributed by atoms with van der Waals surface area (Å²) in [4.78, 5) is 12.5. The van der Waals surface area contributed by atoms with Gasteiger partial charge in [0.15, 0.2) is 9.84 Å². The molecule has 2 N–H and O–H groups in total. The minimum atomic E-state index is -3.57. The quantitative estimate of drug-likeness (QED) is 0.624. The fourth-order valence-corrected chi connectivity index (χ4v) is 5.11. The van der Waals surface area contributed by atoms with E-state index in [1.165, 1.54) is 12.1 Å². The predicted octanol–water partition coefficient (Wildman–Crippen LogP) is 3.26. The number of carbonyl (C=O) groups excluding carboxylic acids is 1. The Morgan fingerprint density at radius 2 is 1.52 bits per heavy atom. The largest absolute Gasteiger partial charge is 0.326 e. The number of hydrogen-bond donors (Lipinski definition) is 2. The molecule has 0 radical (unpaired) electrons. The second-order valence-corrected chi connectivity index (χ2v) is 10.8. The number of anilines is 2. The van der Waals surface area contributed by atoms with Crippen LogP contribution in [0.1, 0.15) is 30.9 Å². The molecule has 2 rings (SSSR count). The van der Waals surface area contributed by atoms with Crippen molar-refractivity contribution in [1.29, 1.82) is 0 Å². The molecule has 0 spiro atoms. The van der Waals surface area contributed by atoms with Gasteiger partial charge in [-0.2, -0.15) is 0 Å². The van der Waals surface area contributed by atoms with Crippen LogP contribution in [0.5, 0.6) is 0 Å². The van der Waals surface area contributed by atoms with Gasteiger partial charge in [-0.05, 0) is 50.1 Å². The summed E-state index contributed by atoms with van der Waals surface area (Å²) in [5.74, 6) is -0.777. The van der Waals surface area contributed by atoms with Gasteiger partial charge in [-0.1, -0.05) is 30.7 Å². The number of sulfonamides is 1. The zero-order valence-electron chi connectivity index (χ0n) is 16.7.